The molecule has 0 saturated carbocycles. The molecule has 1 aromatic rings. The summed E-state index contributed by atoms with van der Waals surface area (Å²) in [4.78, 5) is 0. The Kier molecular flexibility index (Phi) is 3.87. The van der Waals surface area contributed by atoms with Gasteiger partial charge < -0.3 is 0 Å². The van der Waals surface area contributed by atoms with Gasteiger partial charge in [0.15, 0.2) is 0 Å². The van der Waals surface area contributed by atoms with Crippen LogP contribution in [0.5, 0.6) is 0 Å². The van der Waals surface area contributed by atoms with Gasteiger partial charge in [-0.15, -0.1) is 0 Å². The summed E-state index contributed by atoms with van der Waals surface area (Å²) in [5, 5.41) is 0.929. The van der Waals surface area contributed by atoms with E-state index < -0.39 is 0 Å². The van der Waals surface area contributed by atoms with E-state index in [9.17, 15) is 0 Å². The number of allylic oxidation sites excluding steroid dienone is 2. The van der Waals surface area contributed by atoms with Gasteiger partial charge in [-0.2, -0.15) is 0 Å². The summed E-state index contributed by atoms with van der Waals surface area (Å²) < 4.78 is 2.68. The molecule has 0 nitrogen and oxygen atoms in total. The average Bonchev–Trinajstić information content (AvgIpc) is 2.06. The molecule has 0 atom stereocenters. The molecular formula is C10H11ClSe. The summed E-state index contributed by atoms with van der Waals surface area (Å²) in [7, 11) is 0. The Morgan fingerprint density at radius 1 is 1.17 bits per heavy atom. The summed E-state index contributed by atoms with van der Waals surface area (Å²) in [5.74, 6) is 0. The van der Waals surface area contributed by atoms with Crippen molar-refractivity contribution in [3.05, 3.63) is 39.8 Å². The molecule has 0 aliphatic rings. The predicted octanol–water partition coefficient (Wildman–Crippen LogP) is 2.51. The Morgan fingerprint density at radius 2 is 1.75 bits per heavy atom. The monoisotopic (exact) mass is 246 g/mol. The van der Waals surface area contributed by atoms with Crippen LogP contribution < -0.4 is 4.46 Å². The molecular weight excluding hydrogens is 235 g/mol. The third-order valence-corrected chi connectivity index (χ3v) is 4.39. The van der Waals surface area contributed by atoms with Crippen LogP contribution in [0.2, 0.25) is 0 Å². The van der Waals surface area contributed by atoms with Crippen LogP contribution in [0.15, 0.2) is 39.8 Å². The van der Waals surface area contributed by atoms with Gasteiger partial charge in [0, 0.05) is 0 Å². The Bertz CT molecular complexity index is 273. The third-order valence-electron chi connectivity index (χ3n) is 1.50. The van der Waals surface area contributed by atoms with E-state index in [1.165, 1.54) is 8.93 Å². The van der Waals surface area contributed by atoms with Crippen LogP contribution in [-0.4, -0.2) is 15.0 Å². The molecule has 0 spiro atoms. The quantitative estimate of drug-likeness (QED) is 0.703. The Hall–Kier alpha value is -0.231. The van der Waals surface area contributed by atoms with Crippen molar-refractivity contribution in [3.63, 3.8) is 0 Å². The SMILES string of the molecule is C/C(Cl)=C(/C)[Se]c1ccccc1. The van der Waals surface area contributed by atoms with Crippen LogP contribution in [0, 0.1) is 0 Å². The van der Waals surface area contributed by atoms with Gasteiger partial charge in [-0.05, 0) is 0 Å². The van der Waals surface area contributed by atoms with Gasteiger partial charge in [0.05, 0.1) is 0 Å². The molecule has 12 heavy (non-hydrogen) atoms. The van der Waals surface area contributed by atoms with Crippen molar-refractivity contribution in [3.8, 4) is 0 Å². The number of benzene rings is 1. The first-order valence-electron chi connectivity index (χ1n) is 3.76. The van der Waals surface area contributed by atoms with E-state index in [1.807, 2.05) is 13.0 Å². The maximum atomic E-state index is 5.87. The Morgan fingerprint density at radius 3 is 2.25 bits per heavy atom. The standard InChI is InChI=1S/C10H11ClSe/c1-8(11)9(2)12-10-6-4-3-5-7-10/h3-7H,1-2H3/b9-8+. The average molecular weight is 246 g/mol. The second-order valence-electron chi connectivity index (χ2n) is 2.50. The first-order valence-corrected chi connectivity index (χ1v) is 5.85. The molecule has 0 amide bonds. The molecule has 0 unspecified atom stereocenters. The van der Waals surface area contributed by atoms with Crippen LogP contribution >= 0.6 is 11.6 Å². The van der Waals surface area contributed by atoms with Crippen molar-refractivity contribution in [2.45, 2.75) is 13.8 Å². The molecule has 0 aromatic heterocycles. The predicted molar refractivity (Wildman–Crippen MR) is 56.1 cm³/mol. The van der Waals surface area contributed by atoms with Crippen LogP contribution in [0.1, 0.15) is 13.8 Å². The fraction of sp³-hybridized carbons (Fsp3) is 0.200. The number of rotatable bonds is 2. The molecule has 0 fully saturated rings. The van der Waals surface area contributed by atoms with Gasteiger partial charge in [-0.3, -0.25) is 0 Å². The fourth-order valence-corrected chi connectivity index (χ4v) is 2.59. The first-order chi connectivity index (χ1) is 5.70. The Balaban J connectivity index is 2.72. The molecule has 0 aliphatic carbocycles. The van der Waals surface area contributed by atoms with Crippen molar-refractivity contribution in [2.75, 3.05) is 0 Å². The van der Waals surface area contributed by atoms with Crippen LogP contribution in [0.4, 0.5) is 0 Å². The van der Waals surface area contributed by atoms with Gasteiger partial charge in [0.1, 0.15) is 0 Å². The first kappa shape index (κ1) is 9.85. The van der Waals surface area contributed by atoms with Gasteiger partial charge >= 0.3 is 84.7 Å². The molecule has 0 heterocycles. The third kappa shape index (κ3) is 3.02. The van der Waals surface area contributed by atoms with E-state index in [1.54, 1.807) is 0 Å². The normalized spacial score (nSPS) is 12.6. The van der Waals surface area contributed by atoms with E-state index >= 15 is 0 Å². The van der Waals surface area contributed by atoms with Crippen molar-refractivity contribution < 1.29 is 0 Å². The van der Waals surface area contributed by atoms with Crippen LogP contribution in [-0.2, 0) is 0 Å². The summed E-state index contributed by atoms with van der Waals surface area (Å²) in [6, 6.07) is 10.4. The van der Waals surface area contributed by atoms with Crippen LogP contribution in [0.3, 0.4) is 0 Å². The zero-order valence-electron chi connectivity index (χ0n) is 7.17. The van der Waals surface area contributed by atoms with Gasteiger partial charge in [-0.1, -0.05) is 0 Å². The Labute approximate surface area is 84.8 Å². The molecule has 0 saturated heterocycles. The van der Waals surface area contributed by atoms with E-state index in [2.05, 4.69) is 31.2 Å². The number of hydrogen-bond acceptors (Lipinski definition) is 0. The van der Waals surface area contributed by atoms with Crippen molar-refractivity contribution in [1.29, 1.82) is 0 Å². The molecule has 64 valence electrons. The summed E-state index contributed by atoms with van der Waals surface area (Å²) in [6.45, 7) is 4.04. The topological polar surface area (TPSA) is 0 Å². The molecule has 0 aliphatic heterocycles. The van der Waals surface area contributed by atoms with Gasteiger partial charge in [-0.25, -0.2) is 0 Å². The van der Waals surface area contributed by atoms with Crippen LogP contribution in [0.25, 0.3) is 0 Å². The zero-order valence-corrected chi connectivity index (χ0v) is 9.64. The molecule has 1 aromatic carbocycles. The molecule has 0 N–H and O–H groups in total. The van der Waals surface area contributed by atoms with Gasteiger partial charge in [0.2, 0.25) is 0 Å². The summed E-state index contributed by atoms with van der Waals surface area (Å²) >= 11 is 6.27. The molecule has 0 bridgehead atoms. The van der Waals surface area contributed by atoms with E-state index in [-0.39, 0.29) is 0 Å². The minimum absolute atomic E-state index is 0.396. The second-order valence-corrected chi connectivity index (χ2v) is 5.77. The number of halogens is 1. The van der Waals surface area contributed by atoms with E-state index in [0.717, 1.165) is 5.03 Å². The minimum atomic E-state index is 0.396. The second kappa shape index (κ2) is 4.71. The summed E-state index contributed by atoms with van der Waals surface area (Å²) in [5.41, 5.74) is 0. The van der Waals surface area contributed by atoms with Crippen molar-refractivity contribution >= 4 is 31.0 Å². The summed E-state index contributed by atoms with van der Waals surface area (Å²) in [6.07, 6.45) is 0. The van der Waals surface area contributed by atoms with Crippen molar-refractivity contribution in [1.82, 2.24) is 0 Å². The molecule has 0 radical (unpaired) electrons. The fourth-order valence-electron chi connectivity index (χ4n) is 0.736. The van der Waals surface area contributed by atoms with E-state index in [0.29, 0.717) is 15.0 Å². The molecule has 1 rings (SSSR count). The molecule has 2 heteroatoms. The van der Waals surface area contributed by atoms with Crippen molar-refractivity contribution in [2.24, 2.45) is 0 Å². The maximum absolute atomic E-state index is 5.87. The van der Waals surface area contributed by atoms with E-state index in [4.69, 9.17) is 11.6 Å². The number of hydrogen-bond donors (Lipinski definition) is 0. The zero-order chi connectivity index (χ0) is 8.97. The van der Waals surface area contributed by atoms with Gasteiger partial charge in [0.25, 0.3) is 0 Å².